The summed E-state index contributed by atoms with van der Waals surface area (Å²) in [5.41, 5.74) is 1.38. The number of nitrogens with one attached hydrogen (secondary N) is 1. The fourth-order valence-corrected chi connectivity index (χ4v) is 3.07. The molecule has 108 valence electrons. The molecule has 2 fully saturated rings. The smallest absolute Gasteiger partial charge is 0.223 e. The van der Waals surface area contributed by atoms with Crippen LogP contribution in [0.1, 0.15) is 31.7 Å². The van der Waals surface area contributed by atoms with Crippen molar-refractivity contribution in [2.45, 2.75) is 38.8 Å². The number of carbonyl (C=O) groups excluding carboxylic acids is 1. The Bertz CT molecular complexity index is 451. The summed E-state index contributed by atoms with van der Waals surface area (Å²) in [6, 6.07) is 11.0. The van der Waals surface area contributed by atoms with E-state index >= 15 is 0 Å². The number of piperidine rings is 1. The van der Waals surface area contributed by atoms with Crippen LogP contribution in [-0.4, -0.2) is 29.9 Å². The van der Waals surface area contributed by atoms with Gasteiger partial charge in [-0.2, -0.15) is 0 Å². The fraction of sp³-hybridized carbons (Fsp3) is 0.588. The van der Waals surface area contributed by atoms with Gasteiger partial charge in [0.15, 0.2) is 0 Å². The first kappa shape index (κ1) is 13.6. The largest absolute Gasteiger partial charge is 0.353 e. The van der Waals surface area contributed by atoms with Gasteiger partial charge in [-0.05, 0) is 30.7 Å². The van der Waals surface area contributed by atoms with Crippen molar-refractivity contribution in [1.82, 2.24) is 10.2 Å². The Balaban J connectivity index is 1.42. The summed E-state index contributed by atoms with van der Waals surface area (Å²) in [6.45, 7) is 5.36. The Labute approximate surface area is 121 Å². The average Bonchev–Trinajstić information content (AvgIpc) is 3.19. The second-order valence-corrected chi connectivity index (χ2v) is 6.36. The van der Waals surface area contributed by atoms with Crippen LogP contribution in [0.15, 0.2) is 30.3 Å². The Kier molecular flexibility index (Phi) is 4.06. The zero-order chi connectivity index (χ0) is 13.9. The monoisotopic (exact) mass is 272 g/mol. The van der Waals surface area contributed by atoms with E-state index in [-0.39, 0.29) is 0 Å². The van der Waals surface area contributed by atoms with E-state index in [0.717, 1.165) is 38.9 Å². The second-order valence-electron chi connectivity index (χ2n) is 6.36. The summed E-state index contributed by atoms with van der Waals surface area (Å²) >= 11 is 0. The number of hydrogen-bond acceptors (Lipinski definition) is 2. The molecule has 2 atom stereocenters. The lowest BCUT2D eigenvalue weighted by Gasteiger charge is -2.32. The summed E-state index contributed by atoms with van der Waals surface area (Å²) in [5, 5.41) is 3.23. The fourth-order valence-electron chi connectivity index (χ4n) is 3.07. The van der Waals surface area contributed by atoms with Gasteiger partial charge < -0.3 is 5.32 Å². The Morgan fingerprint density at radius 2 is 1.90 bits per heavy atom. The second kappa shape index (κ2) is 5.96. The molecule has 3 nitrogen and oxygen atoms in total. The predicted octanol–water partition coefficient (Wildman–Crippen LogP) is 2.42. The Morgan fingerprint density at radius 3 is 2.50 bits per heavy atom. The molecule has 1 N–H and O–H groups in total. The molecule has 0 unspecified atom stereocenters. The first-order valence-corrected chi connectivity index (χ1v) is 7.79. The molecular formula is C17H24N2O. The highest BCUT2D eigenvalue weighted by Crippen LogP contribution is 2.37. The molecular weight excluding hydrogens is 248 g/mol. The molecule has 0 bridgehead atoms. The number of amides is 1. The number of hydrogen-bond donors (Lipinski definition) is 1. The Hall–Kier alpha value is -1.35. The van der Waals surface area contributed by atoms with Crippen molar-refractivity contribution >= 4 is 5.91 Å². The van der Waals surface area contributed by atoms with Crippen LogP contribution >= 0.6 is 0 Å². The summed E-state index contributed by atoms with van der Waals surface area (Å²) in [4.78, 5) is 14.4. The van der Waals surface area contributed by atoms with E-state index in [0.29, 0.717) is 23.8 Å². The van der Waals surface area contributed by atoms with Gasteiger partial charge in [-0.25, -0.2) is 0 Å². The number of likely N-dealkylation sites (tertiary alicyclic amines) is 1. The van der Waals surface area contributed by atoms with Gasteiger partial charge in [0, 0.05) is 31.6 Å². The lowest BCUT2D eigenvalue weighted by molar-refractivity contribution is -0.123. The molecule has 3 rings (SSSR count). The van der Waals surface area contributed by atoms with Crippen molar-refractivity contribution < 1.29 is 4.79 Å². The molecule has 1 heterocycles. The molecule has 0 aromatic heterocycles. The van der Waals surface area contributed by atoms with Crippen LogP contribution in [0, 0.1) is 11.8 Å². The van der Waals surface area contributed by atoms with Gasteiger partial charge in [0.25, 0.3) is 0 Å². The molecule has 2 aliphatic rings. The average molecular weight is 272 g/mol. The maximum Gasteiger partial charge on any atom is 0.223 e. The van der Waals surface area contributed by atoms with Crippen molar-refractivity contribution in [1.29, 1.82) is 0 Å². The highest BCUT2D eigenvalue weighted by Gasteiger charge is 2.39. The molecule has 1 aliphatic carbocycles. The van der Waals surface area contributed by atoms with E-state index in [4.69, 9.17) is 0 Å². The molecule has 1 amide bonds. The third kappa shape index (κ3) is 3.40. The van der Waals surface area contributed by atoms with E-state index in [1.165, 1.54) is 5.56 Å². The topological polar surface area (TPSA) is 32.3 Å². The van der Waals surface area contributed by atoms with E-state index in [1.54, 1.807) is 0 Å². The van der Waals surface area contributed by atoms with Gasteiger partial charge in [-0.15, -0.1) is 0 Å². The minimum absolute atomic E-state index is 0.291. The third-order valence-electron chi connectivity index (χ3n) is 4.63. The van der Waals surface area contributed by atoms with Crippen LogP contribution in [0.3, 0.4) is 0 Å². The summed E-state index contributed by atoms with van der Waals surface area (Å²) in [6.07, 6.45) is 3.25. The Morgan fingerprint density at radius 1 is 1.25 bits per heavy atom. The van der Waals surface area contributed by atoms with Crippen molar-refractivity contribution in [2.24, 2.45) is 11.8 Å². The summed E-state index contributed by atoms with van der Waals surface area (Å²) < 4.78 is 0. The third-order valence-corrected chi connectivity index (χ3v) is 4.63. The van der Waals surface area contributed by atoms with Gasteiger partial charge in [0.1, 0.15) is 0 Å². The molecule has 20 heavy (non-hydrogen) atoms. The zero-order valence-electron chi connectivity index (χ0n) is 12.2. The van der Waals surface area contributed by atoms with Crippen molar-refractivity contribution in [3.05, 3.63) is 35.9 Å². The molecule has 1 aromatic rings. The lowest BCUT2D eigenvalue weighted by Crippen LogP contribution is -2.44. The maximum atomic E-state index is 11.9. The van der Waals surface area contributed by atoms with Crippen molar-refractivity contribution in [3.63, 3.8) is 0 Å². The molecule has 0 radical (unpaired) electrons. The van der Waals surface area contributed by atoms with E-state index in [1.807, 2.05) is 0 Å². The first-order valence-electron chi connectivity index (χ1n) is 7.79. The van der Waals surface area contributed by atoms with Gasteiger partial charge in [-0.1, -0.05) is 37.3 Å². The lowest BCUT2D eigenvalue weighted by atomic mass is 10.0. The van der Waals surface area contributed by atoms with E-state index in [2.05, 4.69) is 47.5 Å². The standard InChI is InChI=1S/C17H24N2O/c1-13-11-16(13)17(20)18-15-7-9-19(10-8-15)12-14-5-3-2-4-6-14/h2-6,13,15-16H,7-12H2,1H3,(H,18,20)/t13-,16-/m0/s1. The number of benzene rings is 1. The quantitative estimate of drug-likeness (QED) is 0.913. The van der Waals surface area contributed by atoms with Crippen LogP contribution in [-0.2, 0) is 11.3 Å². The summed E-state index contributed by atoms with van der Waals surface area (Å²) in [7, 11) is 0. The van der Waals surface area contributed by atoms with Crippen LogP contribution in [0.5, 0.6) is 0 Å². The highest BCUT2D eigenvalue weighted by molar-refractivity contribution is 5.81. The number of rotatable bonds is 4. The van der Waals surface area contributed by atoms with Crippen molar-refractivity contribution in [2.75, 3.05) is 13.1 Å². The molecule has 1 aliphatic heterocycles. The van der Waals surface area contributed by atoms with Gasteiger partial charge in [0.05, 0.1) is 0 Å². The maximum absolute atomic E-state index is 11.9. The predicted molar refractivity (Wildman–Crippen MR) is 80.2 cm³/mol. The van der Waals surface area contributed by atoms with Crippen molar-refractivity contribution in [3.8, 4) is 0 Å². The van der Waals surface area contributed by atoms with Gasteiger partial charge in [0.2, 0.25) is 5.91 Å². The van der Waals surface area contributed by atoms with Crippen LogP contribution in [0.4, 0.5) is 0 Å². The number of nitrogens with zero attached hydrogens (tertiary/aromatic N) is 1. The van der Waals surface area contributed by atoms with Gasteiger partial charge in [-0.3, -0.25) is 9.69 Å². The number of carbonyl (C=O) groups is 1. The molecule has 1 saturated heterocycles. The van der Waals surface area contributed by atoms with Crippen LogP contribution in [0.25, 0.3) is 0 Å². The summed E-state index contributed by atoms with van der Waals surface area (Å²) in [5.74, 6) is 1.20. The molecule has 1 saturated carbocycles. The normalized spacial score (nSPS) is 27.2. The van der Waals surface area contributed by atoms with Crippen LogP contribution in [0.2, 0.25) is 0 Å². The minimum atomic E-state index is 0.291. The first-order chi connectivity index (χ1) is 9.72. The molecule has 3 heteroatoms. The zero-order valence-corrected chi connectivity index (χ0v) is 12.2. The van der Waals surface area contributed by atoms with E-state index in [9.17, 15) is 4.79 Å². The molecule has 0 spiro atoms. The highest BCUT2D eigenvalue weighted by atomic mass is 16.2. The molecule has 1 aromatic carbocycles. The minimum Gasteiger partial charge on any atom is -0.353 e. The van der Waals surface area contributed by atoms with Gasteiger partial charge >= 0.3 is 0 Å². The van der Waals surface area contributed by atoms with Crippen LogP contribution < -0.4 is 5.32 Å². The van der Waals surface area contributed by atoms with E-state index < -0.39 is 0 Å². The SMILES string of the molecule is C[C@H]1C[C@@H]1C(=O)NC1CCN(Cc2ccccc2)CC1.